The normalized spacial score (nSPS) is 17.1. The van der Waals surface area contributed by atoms with Gasteiger partial charge in [-0.25, -0.2) is 8.78 Å². The fourth-order valence-electron chi connectivity index (χ4n) is 2.98. The molecule has 24 heavy (non-hydrogen) atoms. The molecule has 1 aliphatic rings. The van der Waals surface area contributed by atoms with Crippen molar-refractivity contribution < 1.29 is 18.4 Å². The smallest absolute Gasteiger partial charge is 0.254 e. The van der Waals surface area contributed by atoms with Crippen molar-refractivity contribution >= 4 is 11.7 Å². The molecule has 0 N–H and O–H groups in total. The predicted octanol–water partition coefficient (Wildman–Crippen LogP) is 3.68. The summed E-state index contributed by atoms with van der Waals surface area (Å²) in [5.41, 5.74) is 0.138. The molecule has 124 valence electrons. The molecule has 3 rings (SSSR count). The number of hydrogen-bond acceptors (Lipinski definition) is 2. The molecule has 0 bridgehead atoms. The first-order valence-corrected chi connectivity index (χ1v) is 7.85. The van der Waals surface area contributed by atoms with Gasteiger partial charge in [-0.1, -0.05) is 25.1 Å². The van der Waals surface area contributed by atoms with Crippen LogP contribution in [0, 0.1) is 17.6 Å². The van der Waals surface area contributed by atoms with E-state index in [1.807, 2.05) is 0 Å². The van der Waals surface area contributed by atoms with Gasteiger partial charge in [0.1, 0.15) is 11.6 Å². The molecule has 3 nitrogen and oxygen atoms in total. The van der Waals surface area contributed by atoms with Crippen LogP contribution >= 0.6 is 0 Å². The Morgan fingerprint density at radius 3 is 2.38 bits per heavy atom. The van der Waals surface area contributed by atoms with Crippen LogP contribution in [0.2, 0.25) is 0 Å². The summed E-state index contributed by atoms with van der Waals surface area (Å²) in [4.78, 5) is 27.1. The molecular formula is C19H17F2NO2. The van der Waals surface area contributed by atoms with Gasteiger partial charge in [-0.15, -0.1) is 0 Å². The molecule has 2 aromatic rings. The zero-order valence-electron chi connectivity index (χ0n) is 13.3. The first kappa shape index (κ1) is 16.3. The van der Waals surface area contributed by atoms with Gasteiger partial charge in [0.2, 0.25) is 0 Å². The fourth-order valence-corrected chi connectivity index (χ4v) is 2.98. The van der Waals surface area contributed by atoms with Crippen molar-refractivity contribution in [2.45, 2.75) is 13.3 Å². The van der Waals surface area contributed by atoms with E-state index < -0.39 is 17.4 Å². The highest BCUT2D eigenvalue weighted by Gasteiger charge is 2.27. The molecule has 1 heterocycles. The van der Waals surface area contributed by atoms with E-state index in [4.69, 9.17) is 0 Å². The van der Waals surface area contributed by atoms with Crippen LogP contribution in [0.5, 0.6) is 0 Å². The Balaban J connectivity index is 1.97. The van der Waals surface area contributed by atoms with Gasteiger partial charge in [0.05, 0.1) is 11.1 Å². The molecule has 5 heteroatoms. The summed E-state index contributed by atoms with van der Waals surface area (Å²) in [6, 6.07) is 9.16. The summed E-state index contributed by atoms with van der Waals surface area (Å²) < 4.78 is 27.0. The van der Waals surface area contributed by atoms with Gasteiger partial charge >= 0.3 is 0 Å². The van der Waals surface area contributed by atoms with E-state index in [0.29, 0.717) is 25.1 Å². The van der Waals surface area contributed by atoms with Crippen molar-refractivity contribution in [3.8, 4) is 0 Å². The Kier molecular flexibility index (Phi) is 4.42. The van der Waals surface area contributed by atoms with Gasteiger partial charge in [0.25, 0.3) is 5.91 Å². The number of nitrogens with zero attached hydrogens (tertiary/aromatic N) is 1. The van der Waals surface area contributed by atoms with Crippen molar-refractivity contribution in [2.24, 2.45) is 5.92 Å². The maximum Gasteiger partial charge on any atom is 0.254 e. The first-order valence-electron chi connectivity index (χ1n) is 7.85. The highest BCUT2D eigenvalue weighted by Crippen LogP contribution is 2.22. The van der Waals surface area contributed by atoms with Crippen molar-refractivity contribution in [1.82, 2.24) is 4.90 Å². The van der Waals surface area contributed by atoms with Crippen molar-refractivity contribution in [3.63, 3.8) is 0 Å². The van der Waals surface area contributed by atoms with Crippen LogP contribution in [-0.2, 0) is 0 Å². The third-order valence-corrected chi connectivity index (χ3v) is 4.29. The molecule has 0 aliphatic carbocycles. The standard InChI is InChI=1S/C19H17F2NO2/c1-12-8-9-22(11-12)19(24)15-5-3-2-4-14(15)18(23)16-7-6-13(20)10-17(16)21/h2-7,10,12H,8-9,11H2,1H3/t12-/m1/s1. The van der Waals surface area contributed by atoms with Crippen LogP contribution in [0.15, 0.2) is 42.5 Å². The molecular weight excluding hydrogens is 312 g/mol. The summed E-state index contributed by atoms with van der Waals surface area (Å²) in [5, 5.41) is 0. The predicted molar refractivity (Wildman–Crippen MR) is 85.9 cm³/mol. The third-order valence-electron chi connectivity index (χ3n) is 4.29. The molecule has 1 amide bonds. The second kappa shape index (κ2) is 6.51. The number of ketones is 1. The summed E-state index contributed by atoms with van der Waals surface area (Å²) in [6.45, 7) is 3.36. The average Bonchev–Trinajstić information content (AvgIpc) is 3.00. The van der Waals surface area contributed by atoms with Crippen LogP contribution in [0.3, 0.4) is 0 Å². The molecule has 1 saturated heterocycles. The highest BCUT2D eigenvalue weighted by atomic mass is 19.1. The molecule has 0 unspecified atom stereocenters. The third kappa shape index (κ3) is 3.07. The van der Waals surface area contributed by atoms with Gasteiger partial charge in [-0.05, 0) is 30.5 Å². The van der Waals surface area contributed by atoms with Crippen LogP contribution in [0.4, 0.5) is 8.78 Å². The largest absolute Gasteiger partial charge is 0.338 e. The summed E-state index contributed by atoms with van der Waals surface area (Å²) in [5.74, 6) is -2.11. The summed E-state index contributed by atoms with van der Waals surface area (Å²) >= 11 is 0. The minimum absolute atomic E-state index is 0.132. The molecule has 2 aromatic carbocycles. The van der Waals surface area contributed by atoms with E-state index in [1.165, 1.54) is 6.07 Å². The number of amides is 1. The van der Waals surface area contributed by atoms with Gasteiger partial charge in [0.15, 0.2) is 5.78 Å². The van der Waals surface area contributed by atoms with Crippen LogP contribution in [0.25, 0.3) is 0 Å². The zero-order valence-corrected chi connectivity index (χ0v) is 13.3. The molecule has 0 spiro atoms. The van der Waals surface area contributed by atoms with Crippen LogP contribution < -0.4 is 0 Å². The molecule has 1 fully saturated rings. The van der Waals surface area contributed by atoms with E-state index in [9.17, 15) is 18.4 Å². The lowest BCUT2D eigenvalue weighted by molar-refractivity contribution is 0.0783. The number of hydrogen-bond donors (Lipinski definition) is 0. The Labute approximate surface area is 138 Å². The molecule has 1 aliphatic heterocycles. The van der Waals surface area contributed by atoms with E-state index in [1.54, 1.807) is 23.1 Å². The Hall–Kier alpha value is -2.56. The number of rotatable bonds is 3. The van der Waals surface area contributed by atoms with E-state index in [2.05, 4.69) is 6.92 Å². The van der Waals surface area contributed by atoms with E-state index >= 15 is 0 Å². The van der Waals surface area contributed by atoms with Crippen molar-refractivity contribution in [1.29, 1.82) is 0 Å². The van der Waals surface area contributed by atoms with Crippen LogP contribution in [-0.4, -0.2) is 29.7 Å². The van der Waals surface area contributed by atoms with Gasteiger partial charge in [-0.2, -0.15) is 0 Å². The molecule has 1 atom stereocenters. The molecule has 0 aromatic heterocycles. The lowest BCUT2D eigenvalue weighted by Gasteiger charge is -2.18. The Morgan fingerprint density at radius 2 is 1.75 bits per heavy atom. The summed E-state index contributed by atoms with van der Waals surface area (Å²) in [7, 11) is 0. The minimum Gasteiger partial charge on any atom is -0.338 e. The van der Waals surface area contributed by atoms with E-state index in [0.717, 1.165) is 18.6 Å². The summed E-state index contributed by atoms with van der Waals surface area (Å²) in [6.07, 6.45) is 0.925. The maximum absolute atomic E-state index is 13.9. The van der Waals surface area contributed by atoms with Crippen LogP contribution in [0.1, 0.15) is 39.6 Å². The lowest BCUT2D eigenvalue weighted by Crippen LogP contribution is -2.30. The number of carbonyl (C=O) groups excluding carboxylic acids is 2. The number of benzene rings is 2. The quantitative estimate of drug-likeness (QED) is 0.806. The second-order valence-electron chi connectivity index (χ2n) is 6.14. The fraction of sp³-hybridized carbons (Fsp3) is 0.263. The number of carbonyl (C=O) groups is 2. The number of likely N-dealkylation sites (tertiary alicyclic amines) is 1. The molecule has 0 radical (unpaired) electrons. The second-order valence-corrected chi connectivity index (χ2v) is 6.14. The topological polar surface area (TPSA) is 37.4 Å². The van der Waals surface area contributed by atoms with Crippen molar-refractivity contribution in [2.75, 3.05) is 13.1 Å². The Morgan fingerprint density at radius 1 is 1.04 bits per heavy atom. The first-order chi connectivity index (χ1) is 11.5. The monoisotopic (exact) mass is 329 g/mol. The van der Waals surface area contributed by atoms with Gasteiger partial charge < -0.3 is 4.90 Å². The zero-order chi connectivity index (χ0) is 17.3. The SMILES string of the molecule is C[C@@H]1CCN(C(=O)c2ccccc2C(=O)c2ccc(F)cc2F)C1. The van der Waals surface area contributed by atoms with Gasteiger partial charge in [0, 0.05) is 24.7 Å². The van der Waals surface area contributed by atoms with Gasteiger partial charge in [-0.3, -0.25) is 9.59 Å². The van der Waals surface area contributed by atoms with E-state index in [-0.39, 0.29) is 22.6 Å². The average molecular weight is 329 g/mol. The molecule has 0 saturated carbocycles. The van der Waals surface area contributed by atoms with Crippen molar-refractivity contribution in [3.05, 3.63) is 70.8 Å². The Bertz CT molecular complexity index is 804. The minimum atomic E-state index is -0.933. The highest BCUT2D eigenvalue weighted by molar-refractivity contribution is 6.15. The maximum atomic E-state index is 13.9. The lowest BCUT2D eigenvalue weighted by atomic mass is 9.97. The number of halogens is 2.